The van der Waals surface area contributed by atoms with Crippen molar-refractivity contribution in [2.75, 3.05) is 0 Å². The Hall–Kier alpha value is -1.23. The molecule has 4 heteroatoms. The fraction of sp³-hybridized carbons (Fsp3) is 0.412. The fourth-order valence-corrected chi connectivity index (χ4v) is 3.73. The van der Waals surface area contributed by atoms with Gasteiger partial charge in [0.1, 0.15) is 5.82 Å². The Morgan fingerprint density at radius 1 is 1.05 bits per heavy atom. The van der Waals surface area contributed by atoms with Gasteiger partial charge < -0.3 is 10.4 Å². The van der Waals surface area contributed by atoms with Crippen molar-refractivity contribution in [3.8, 4) is 10.4 Å². The minimum absolute atomic E-state index is 0.102. The molecule has 3 rings (SSSR count). The van der Waals surface area contributed by atoms with Crippen LogP contribution in [0.5, 0.6) is 0 Å². The van der Waals surface area contributed by atoms with Gasteiger partial charge in [-0.25, -0.2) is 4.39 Å². The van der Waals surface area contributed by atoms with Crippen molar-refractivity contribution in [2.24, 2.45) is 0 Å². The molecular weight excluding hydrogens is 285 g/mol. The van der Waals surface area contributed by atoms with Gasteiger partial charge in [-0.2, -0.15) is 0 Å². The van der Waals surface area contributed by atoms with Crippen LogP contribution >= 0.6 is 11.3 Å². The van der Waals surface area contributed by atoms with E-state index in [1.165, 1.54) is 21.9 Å². The van der Waals surface area contributed by atoms with Crippen LogP contribution in [0.3, 0.4) is 0 Å². The summed E-state index contributed by atoms with van der Waals surface area (Å²) >= 11 is 1.75. The number of thiophene rings is 1. The van der Waals surface area contributed by atoms with E-state index in [0.717, 1.165) is 37.8 Å². The van der Waals surface area contributed by atoms with Crippen LogP contribution in [-0.4, -0.2) is 17.3 Å². The second-order valence-electron chi connectivity index (χ2n) is 5.66. The summed E-state index contributed by atoms with van der Waals surface area (Å²) in [6, 6.07) is 11.4. The average Bonchev–Trinajstić information content (AvgIpc) is 2.96. The van der Waals surface area contributed by atoms with E-state index >= 15 is 0 Å². The lowest BCUT2D eigenvalue weighted by Crippen LogP contribution is -2.33. The molecule has 21 heavy (non-hydrogen) atoms. The van der Waals surface area contributed by atoms with Crippen molar-refractivity contribution in [1.29, 1.82) is 0 Å². The highest BCUT2D eigenvalue weighted by atomic mass is 32.1. The second kappa shape index (κ2) is 6.69. The highest BCUT2D eigenvalue weighted by molar-refractivity contribution is 7.15. The number of aliphatic hydroxyl groups excluding tert-OH is 1. The van der Waals surface area contributed by atoms with Crippen molar-refractivity contribution in [2.45, 2.75) is 44.4 Å². The zero-order valence-electron chi connectivity index (χ0n) is 11.9. The standard InChI is InChI=1S/C17H20FNOS/c18-13-3-1-12(2-4-13)17-10-9-16(21-17)11-19-14-5-7-15(20)8-6-14/h1-4,9-10,14-15,19-20H,5-8,11H2. The van der Waals surface area contributed by atoms with Crippen molar-refractivity contribution >= 4 is 11.3 Å². The lowest BCUT2D eigenvalue weighted by molar-refractivity contribution is 0.116. The summed E-state index contributed by atoms with van der Waals surface area (Å²) in [6.07, 6.45) is 3.82. The Morgan fingerprint density at radius 3 is 2.48 bits per heavy atom. The molecule has 0 bridgehead atoms. The molecule has 1 saturated carbocycles. The highest BCUT2D eigenvalue weighted by Crippen LogP contribution is 2.28. The van der Waals surface area contributed by atoms with Gasteiger partial charge in [-0.3, -0.25) is 0 Å². The van der Waals surface area contributed by atoms with Crippen molar-refractivity contribution in [3.63, 3.8) is 0 Å². The van der Waals surface area contributed by atoms with Gasteiger partial charge in [0.15, 0.2) is 0 Å². The van der Waals surface area contributed by atoms with Crippen LogP contribution in [0.1, 0.15) is 30.6 Å². The van der Waals surface area contributed by atoms with Crippen LogP contribution in [-0.2, 0) is 6.54 Å². The van der Waals surface area contributed by atoms with E-state index in [1.807, 2.05) is 12.1 Å². The highest BCUT2D eigenvalue weighted by Gasteiger charge is 2.18. The quantitative estimate of drug-likeness (QED) is 0.896. The van der Waals surface area contributed by atoms with Gasteiger partial charge in [-0.15, -0.1) is 11.3 Å². The normalized spacial score (nSPS) is 22.4. The smallest absolute Gasteiger partial charge is 0.123 e. The fourth-order valence-electron chi connectivity index (χ4n) is 2.77. The largest absolute Gasteiger partial charge is 0.393 e. The molecular formula is C17H20FNOS. The average molecular weight is 305 g/mol. The molecule has 2 N–H and O–H groups in total. The topological polar surface area (TPSA) is 32.3 Å². The Balaban J connectivity index is 1.56. The maximum absolute atomic E-state index is 12.9. The van der Waals surface area contributed by atoms with Gasteiger partial charge in [0.05, 0.1) is 6.10 Å². The van der Waals surface area contributed by atoms with E-state index in [1.54, 1.807) is 11.3 Å². The molecule has 1 heterocycles. The van der Waals surface area contributed by atoms with E-state index in [9.17, 15) is 9.50 Å². The van der Waals surface area contributed by atoms with Crippen molar-refractivity contribution in [1.82, 2.24) is 5.32 Å². The monoisotopic (exact) mass is 305 g/mol. The lowest BCUT2D eigenvalue weighted by atomic mass is 9.93. The predicted octanol–water partition coefficient (Wildman–Crippen LogP) is 3.95. The number of rotatable bonds is 4. The number of hydrogen-bond donors (Lipinski definition) is 2. The lowest BCUT2D eigenvalue weighted by Gasteiger charge is -2.26. The van der Waals surface area contributed by atoms with Crippen LogP contribution in [0.25, 0.3) is 10.4 Å². The molecule has 0 atom stereocenters. The van der Waals surface area contributed by atoms with E-state index in [-0.39, 0.29) is 11.9 Å². The van der Waals surface area contributed by atoms with Gasteiger partial charge in [0.2, 0.25) is 0 Å². The van der Waals surface area contributed by atoms with E-state index in [2.05, 4.69) is 17.4 Å². The molecule has 0 radical (unpaired) electrons. The van der Waals surface area contributed by atoms with Gasteiger partial charge in [-0.05, 0) is 55.5 Å². The summed E-state index contributed by atoms with van der Waals surface area (Å²) in [5.74, 6) is -0.198. The first-order chi connectivity index (χ1) is 10.2. The Morgan fingerprint density at radius 2 is 1.76 bits per heavy atom. The van der Waals surface area contributed by atoms with Gasteiger partial charge in [0.25, 0.3) is 0 Å². The molecule has 112 valence electrons. The summed E-state index contributed by atoms with van der Waals surface area (Å²) < 4.78 is 12.9. The maximum atomic E-state index is 12.9. The number of aliphatic hydroxyl groups is 1. The molecule has 0 aliphatic heterocycles. The molecule has 1 aliphatic carbocycles. The molecule has 1 aromatic carbocycles. The third-order valence-electron chi connectivity index (χ3n) is 4.05. The molecule has 1 fully saturated rings. The molecule has 0 unspecified atom stereocenters. The SMILES string of the molecule is OC1CCC(NCc2ccc(-c3ccc(F)cc3)s2)CC1. The Bertz CT molecular complexity index is 573. The number of halogens is 1. The van der Waals surface area contributed by atoms with Crippen LogP contribution in [0, 0.1) is 5.82 Å². The Labute approximate surface area is 128 Å². The molecule has 0 amide bonds. The van der Waals surface area contributed by atoms with Gasteiger partial charge >= 0.3 is 0 Å². The molecule has 1 aliphatic rings. The van der Waals surface area contributed by atoms with Gasteiger partial charge in [-0.1, -0.05) is 12.1 Å². The third-order valence-corrected chi connectivity index (χ3v) is 5.19. The zero-order chi connectivity index (χ0) is 14.7. The third kappa shape index (κ3) is 3.90. The second-order valence-corrected chi connectivity index (χ2v) is 6.83. The van der Waals surface area contributed by atoms with E-state index in [4.69, 9.17) is 0 Å². The number of benzene rings is 1. The predicted molar refractivity (Wildman–Crippen MR) is 84.8 cm³/mol. The maximum Gasteiger partial charge on any atom is 0.123 e. The molecule has 2 aromatic rings. The van der Waals surface area contributed by atoms with Crippen molar-refractivity contribution < 1.29 is 9.50 Å². The van der Waals surface area contributed by atoms with Crippen LogP contribution in [0.2, 0.25) is 0 Å². The summed E-state index contributed by atoms with van der Waals surface area (Å²) in [4.78, 5) is 2.46. The molecule has 2 nitrogen and oxygen atoms in total. The van der Waals surface area contributed by atoms with Crippen LogP contribution in [0.4, 0.5) is 4.39 Å². The number of nitrogens with one attached hydrogen (secondary N) is 1. The first-order valence-corrected chi connectivity index (χ1v) is 8.28. The molecule has 0 spiro atoms. The molecule has 0 saturated heterocycles. The summed E-state index contributed by atoms with van der Waals surface area (Å²) in [6.45, 7) is 0.868. The summed E-state index contributed by atoms with van der Waals surface area (Å²) in [5, 5.41) is 13.1. The Kier molecular flexibility index (Phi) is 4.68. The van der Waals surface area contributed by atoms with E-state index in [0.29, 0.717) is 6.04 Å². The molecule has 1 aromatic heterocycles. The van der Waals surface area contributed by atoms with E-state index < -0.39 is 0 Å². The number of hydrogen-bond acceptors (Lipinski definition) is 3. The van der Waals surface area contributed by atoms with Crippen LogP contribution in [0.15, 0.2) is 36.4 Å². The first-order valence-electron chi connectivity index (χ1n) is 7.47. The van der Waals surface area contributed by atoms with Crippen LogP contribution < -0.4 is 5.32 Å². The van der Waals surface area contributed by atoms with Crippen molar-refractivity contribution in [3.05, 3.63) is 47.1 Å². The minimum Gasteiger partial charge on any atom is -0.393 e. The summed E-state index contributed by atoms with van der Waals surface area (Å²) in [7, 11) is 0. The zero-order valence-corrected chi connectivity index (χ0v) is 12.7. The van der Waals surface area contributed by atoms with Gasteiger partial charge in [0, 0.05) is 22.3 Å². The summed E-state index contributed by atoms with van der Waals surface area (Å²) in [5.41, 5.74) is 1.06. The first kappa shape index (κ1) is 14.7. The minimum atomic E-state index is -0.198.